The van der Waals surface area contributed by atoms with E-state index in [-0.39, 0.29) is 5.54 Å². The van der Waals surface area contributed by atoms with Crippen LogP contribution in [0.15, 0.2) is 4.99 Å². The average Bonchev–Trinajstić information content (AvgIpc) is 2.08. The summed E-state index contributed by atoms with van der Waals surface area (Å²) in [6, 6.07) is 0. The van der Waals surface area contributed by atoms with Crippen LogP contribution >= 0.6 is 0 Å². The standard InChI is InChI=1S/C10H23N3O/c1-5-14-8-6-7-9(13-11)12-10(2,3)4/h5-8,11H2,1-4H3,(H,12,13). The number of amidine groups is 1. The van der Waals surface area contributed by atoms with Crippen molar-refractivity contribution < 1.29 is 4.74 Å². The number of nitrogens with zero attached hydrogens (tertiary/aromatic N) is 1. The van der Waals surface area contributed by atoms with Crippen molar-refractivity contribution in [2.45, 2.75) is 46.1 Å². The average molecular weight is 201 g/mol. The van der Waals surface area contributed by atoms with Gasteiger partial charge in [0.2, 0.25) is 0 Å². The molecule has 0 unspecified atom stereocenters. The molecule has 0 aliphatic carbocycles. The summed E-state index contributed by atoms with van der Waals surface area (Å²) in [5, 5.41) is 0. The quantitative estimate of drug-likeness (QED) is 0.233. The molecule has 0 fully saturated rings. The van der Waals surface area contributed by atoms with Gasteiger partial charge in [-0.1, -0.05) is 0 Å². The molecule has 0 saturated heterocycles. The maximum atomic E-state index is 5.37. The van der Waals surface area contributed by atoms with E-state index in [0.717, 1.165) is 31.9 Å². The maximum Gasteiger partial charge on any atom is 0.111 e. The molecule has 0 aliphatic heterocycles. The molecular formula is C10H23N3O. The van der Waals surface area contributed by atoms with E-state index in [2.05, 4.69) is 10.4 Å². The number of hydrogen-bond acceptors (Lipinski definition) is 3. The fraction of sp³-hybridized carbons (Fsp3) is 0.900. The second-order valence-corrected chi connectivity index (χ2v) is 4.17. The van der Waals surface area contributed by atoms with E-state index in [4.69, 9.17) is 10.6 Å². The number of nitrogens with two attached hydrogens (primary N) is 1. The summed E-state index contributed by atoms with van der Waals surface area (Å²) in [4.78, 5) is 4.45. The van der Waals surface area contributed by atoms with Crippen LogP contribution in [-0.2, 0) is 4.74 Å². The predicted octanol–water partition coefficient (Wildman–Crippen LogP) is 1.46. The molecule has 0 saturated carbocycles. The SMILES string of the molecule is CCOCCCC(=NC(C)(C)C)NN. The Morgan fingerprint density at radius 1 is 1.43 bits per heavy atom. The summed E-state index contributed by atoms with van der Waals surface area (Å²) in [7, 11) is 0. The lowest BCUT2D eigenvalue weighted by atomic mass is 10.1. The monoisotopic (exact) mass is 201 g/mol. The third-order valence-electron chi connectivity index (χ3n) is 1.54. The van der Waals surface area contributed by atoms with Gasteiger partial charge in [-0.2, -0.15) is 0 Å². The van der Waals surface area contributed by atoms with Gasteiger partial charge in [-0.15, -0.1) is 0 Å². The minimum Gasteiger partial charge on any atom is -0.382 e. The van der Waals surface area contributed by atoms with Crippen molar-refractivity contribution in [3.63, 3.8) is 0 Å². The van der Waals surface area contributed by atoms with Gasteiger partial charge in [0.1, 0.15) is 5.84 Å². The summed E-state index contributed by atoms with van der Waals surface area (Å²) >= 11 is 0. The van der Waals surface area contributed by atoms with Gasteiger partial charge in [0.15, 0.2) is 0 Å². The Hall–Kier alpha value is -0.610. The minimum absolute atomic E-state index is 0.0761. The number of nitrogens with one attached hydrogen (secondary N) is 1. The highest BCUT2D eigenvalue weighted by Crippen LogP contribution is 2.07. The summed E-state index contributed by atoms with van der Waals surface area (Å²) in [5.74, 6) is 6.22. The van der Waals surface area contributed by atoms with Gasteiger partial charge in [0.25, 0.3) is 0 Å². The van der Waals surface area contributed by atoms with Crippen LogP contribution in [0, 0.1) is 0 Å². The van der Waals surface area contributed by atoms with Gasteiger partial charge >= 0.3 is 0 Å². The van der Waals surface area contributed by atoms with Crippen LogP contribution < -0.4 is 11.3 Å². The molecule has 4 heteroatoms. The van der Waals surface area contributed by atoms with Crippen LogP contribution in [0.5, 0.6) is 0 Å². The van der Waals surface area contributed by atoms with Crippen molar-refractivity contribution in [1.82, 2.24) is 5.43 Å². The fourth-order valence-electron chi connectivity index (χ4n) is 1.05. The first-order valence-corrected chi connectivity index (χ1v) is 5.12. The lowest BCUT2D eigenvalue weighted by Gasteiger charge is -2.15. The first-order chi connectivity index (χ1) is 6.49. The van der Waals surface area contributed by atoms with Gasteiger partial charge in [0, 0.05) is 19.6 Å². The smallest absolute Gasteiger partial charge is 0.111 e. The zero-order chi connectivity index (χ0) is 11.0. The lowest BCUT2D eigenvalue weighted by Crippen LogP contribution is -2.33. The Bertz CT molecular complexity index is 173. The highest BCUT2D eigenvalue weighted by atomic mass is 16.5. The first kappa shape index (κ1) is 13.4. The van der Waals surface area contributed by atoms with Gasteiger partial charge in [-0.05, 0) is 34.1 Å². The molecule has 0 aliphatic rings. The predicted molar refractivity (Wildman–Crippen MR) is 60.2 cm³/mol. The highest BCUT2D eigenvalue weighted by Gasteiger charge is 2.08. The molecule has 0 aromatic carbocycles. The Morgan fingerprint density at radius 2 is 2.07 bits per heavy atom. The Labute approximate surface area is 86.9 Å². The van der Waals surface area contributed by atoms with E-state index in [9.17, 15) is 0 Å². The van der Waals surface area contributed by atoms with Crippen LogP contribution in [0.2, 0.25) is 0 Å². The second-order valence-electron chi connectivity index (χ2n) is 4.17. The number of aliphatic imine (C=N–C) groups is 1. The van der Waals surface area contributed by atoms with E-state index < -0.39 is 0 Å². The van der Waals surface area contributed by atoms with Crippen LogP contribution in [0.3, 0.4) is 0 Å². The minimum atomic E-state index is -0.0761. The molecule has 0 aromatic rings. The van der Waals surface area contributed by atoms with Crippen molar-refractivity contribution >= 4 is 5.84 Å². The number of hydrazine groups is 1. The molecule has 0 atom stereocenters. The topological polar surface area (TPSA) is 59.6 Å². The summed E-state index contributed by atoms with van der Waals surface area (Å²) in [6.07, 6.45) is 1.79. The van der Waals surface area contributed by atoms with Crippen molar-refractivity contribution in [1.29, 1.82) is 0 Å². The van der Waals surface area contributed by atoms with E-state index in [1.807, 2.05) is 27.7 Å². The Balaban J connectivity index is 3.85. The van der Waals surface area contributed by atoms with Crippen molar-refractivity contribution in [2.75, 3.05) is 13.2 Å². The van der Waals surface area contributed by atoms with Gasteiger partial charge in [-0.25, -0.2) is 5.84 Å². The number of hydrogen-bond donors (Lipinski definition) is 2. The van der Waals surface area contributed by atoms with Crippen molar-refractivity contribution in [3.8, 4) is 0 Å². The van der Waals surface area contributed by atoms with Gasteiger partial charge in [0.05, 0.1) is 5.54 Å². The largest absolute Gasteiger partial charge is 0.382 e. The van der Waals surface area contributed by atoms with E-state index in [0.29, 0.717) is 0 Å². The number of rotatable bonds is 5. The molecule has 0 radical (unpaired) electrons. The third kappa shape index (κ3) is 8.01. The zero-order valence-electron chi connectivity index (χ0n) is 9.76. The maximum absolute atomic E-state index is 5.37. The summed E-state index contributed by atoms with van der Waals surface area (Å²) in [5.41, 5.74) is 2.55. The zero-order valence-corrected chi connectivity index (χ0v) is 9.76. The summed E-state index contributed by atoms with van der Waals surface area (Å²) < 4.78 is 5.23. The second kappa shape index (κ2) is 6.79. The molecule has 0 heterocycles. The molecular weight excluding hydrogens is 178 g/mol. The normalized spacial score (nSPS) is 13.1. The summed E-state index contributed by atoms with van der Waals surface area (Å²) in [6.45, 7) is 9.67. The molecule has 84 valence electrons. The molecule has 0 spiro atoms. The third-order valence-corrected chi connectivity index (χ3v) is 1.54. The Kier molecular flexibility index (Phi) is 6.49. The highest BCUT2D eigenvalue weighted by molar-refractivity contribution is 5.81. The molecule has 0 bridgehead atoms. The van der Waals surface area contributed by atoms with Crippen LogP contribution in [0.4, 0.5) is 0 Å². The van der Waals surface area contributed by atoms with Crippen molar-refractivity contribution in [2.24, 2.45) is 10.8 Å². The van der Waals surface area contributed by atoms with Gasteiger partial charge < -0.3 is 10.2 Å². The molecule has 4 nitrogen and oxygen atoms in total. The van der Waals surface area contributed by atoms with Crippen LogP contribution in [0.1, 0.15) is 40.5 Å². The lowest BCUT2D eigenvalue weighted by molar-refractivity contribution is 0.146. The van der Waals surface area contributed by atoms with E-state index >= 15 is 0 Å². The van der Waals surface area contributed by atoms with Crippen LogP contribution in [0.25, 0.3) is 0 Å². The molecule has 0 amide bonds. The number of ether oxygens (including phenoxy) is 1. The van der Waals surface area contributed by atoms with Crippen LogP contribution in [-0.4, -0.2) is 24.6 Å². The van der Waals surface area contributed by atoms with E-state index in [1.165, 1.54) is 0 Å². The molecule has 0 rings (SSSR count). The van der Waals surface area contributed by atoms with E-state index in [1.54, 1.807) is 0 Å². The first-order valence-electron chi connectivity index (χ1n) is 5.12. The molecule has 3 N–H and O–H groups in total. The molecule has 0 aromatic heterocycles. The fourth-order valence-corrected chi connectivity index (χ4v) is 1.05. The van der Waals surface area contributed by atoms with Gasteiger partial charge in [-0.3, -0.25) is 4.99 Å². The Morgan fingerprint density at radius 3 is 2.50 bits per heavy atom. The molecule has 14 heavy (non-hydrogen) atoms. The van der Waals surface area contributed by atoms with Crippen molar-refractivity contribution in [3.05, 3.63) is 0 Å².